The average molecular weight is 443 g/mol. The highest BCUT2D eigenvalue weighted by molar-refractivity contribution is 9.10. The van der Waals surface area contributed by atoms with Crippen molar-refractivity contribution in [1.29, 1.82) is 0 Å². The maximum Gasteiger partial charge on any atom is 0.267 e. The molecule has 0 aliphatic carbocycles. The largest absolute Gasteiger partial charge is 0.506 e. The maximum absolute atomic E-state index is 13.1. The molecule has 5 nitrogen and oxygen atoms in total. The number of unbranched alkanes of at least 4 members (excludes halogenated alkanes) is 3. The molecule has 2 N–H and O–H groups in total. The summed E-state index contributed by atoms with van der Waals surface area (Å²) < 4.78 is 2.29. The van der Waals surface area contributed by atoms with E-state index in [0.29, 0.717) is 27.6 Å². The van der Waals surface area contributed by atoms with Crippen molar-refractivity contribution in [3.8, 4) is 5.75 Å². The summed E-state index contributed by atoms with van der Waals surface area (Å²) >= 11 is 3.38. The predicted molar refractivity (Wildman–Crippen MR) is 116 cm³/mol. The van der Waals surface area contributed by atoms with Crippen molar-refractivity contribution >= 4 is 38.4 Å². The molecule has 0 fully saturated rings. The molecule has 0 spiro atoms. The molecule has 0 saturated carbocycles. The fourth-order valence-electron chi connectivity index (χ4n) is 3.26. The molecule has 2 aromatic carbocycles. The molecule has 0 aliphatic rings. The molecule has 0 unspecified atom stereocenters. The third-order valence-corrected chi connectivity index (χ3v) is 5.42. The van der Waals surface area contributed by atoms with Gasteiger partial charge in [-0.15, -0.1) is 0 Å². The van der Waals surface area contributed by atoms with Crippen molar-refractivity contribution in [3.05, 3.63) is 68.9 Å². The third-order valence-electron chi connectivity index (χ3n) is 4.73. The topological polar surface area (TPSA) is 71.3 Å². The number of carbonyl (C=O) groups excluding carboxylic acids is 1. The molecule has 0 saturated heterocycles. The van der Waals surface area contributed by atoms with Gasteiger partial charge < -0.3 is 15.0 Å². The van der Waals surface area contributed by atoms with E-state index in [-0.39, 0.29) is 11.3 Å². The molecule has 0 atom stereocenters. The number of aromatic hydroxyl groups is 1. The molecule has 3 aromatic rings. The van der Waals surface area contributed by atoms with E-state index in [0.717, 1.165) is 25.7 Å². The lowest BCUT2D eigenvalue weighted by Crippen LogP contribution is -2.30. The lowest BCUT2D eigenvalue weighted by Gasteiger charge is -2.15. The summed E-state index contributed by atoms with van der Waals surface area (Å²) in [5.74, 6) is -0.905. The molecule has 3 rings (SSSR count). The molecule has 0 aliphatic heterocycles. The van der Waals surface area contributed by atoms with Gasteiger partial charge in [0.05, 0.1) is 11.2 Å². The Morgan fingerprint density at radius 3 is 2.54 bits per heavy atom. The lowest BCUT2D eigenvalue weighted by atomic mass is 10.1. The summed E-state index contributed by atoms with van der Waals surface area (Å²) in [5.41, 5.74) is 0.468. The molecule has 1 amide bonds. The van der Waals surface area contributed by atoms with E-state index in [1.54, 1.807) is 41.0 Å². The van der Waals surface area contributed by atoms with E-state index >= 15 is 0 Å². The summed E-state index contributed by atoms with van der Waals surface area (Å²) in [4.78, 5) is 26.0. The first-order chi connectivity index (χ1) is 13.5. The fourth-order valence-corrected chi connectivity index (χ4v) is 3.64. The quantitative estimate of drug-likeness (QED) is 0.487. The van der Waals surface area contributed by atoms with Crippen LogP contribution in [0.4, 0.5) is 5.69 Å². The van der Waals surface area contributed by atoms with Gasteiger partial charge in [0.2, 0.25) is 0 Å². The molecule has 146 valence electrons. The minimum Gasteiger partial charge on any atom is -0.506 e. The van der Waals surface area contributed by atoms with Crippen molar-refractivity contribution in [2.45, 2.75) is 39.2 Å². The molecular weight excluding hydrogens is 420 g/mol. The Labute approximate surface area is 172 Å². The van der Waals surface area contributed by atoms with Gasteiger partial charge in [0.15, 0.2) is 0 Å². The molecular formula is C22H23BrN2O3. The van der Waals surface area contributed by atoms with Crippen LogP contribution in [0.5, 0.6) is 5.75 Å². The SMILES string of the molecule is CCCCCCn1c(=O)c(C(=O)Nc2ccccc2Br)c(O)c2ccccc21. The second-order valence-corrected chi connectivity index (χ2v) is 7.55. The summed E-state index contributed by atoms with van der Waals surface area (Å²) in [7, 11) is 0. The van der Waals surface area contributed by atoms with E-state index in [1.807, 2.05) is 12.1 Å². The van der Waals surface area contributed by atoms with E-state index in [1.165, 1.54) is 0 Å². The zero-order chi connectivity index (χ0) is 20.1. The van der Waals surface area contributed by atoms with Crippen LogP contribution in [0.15, 0.2) is 57.8 Å². The maximum atomic E-state index is 13.1. The summed E-state index contributed by atoms with van der Waals surface area (Å²) in [6.07, 6.45) is 4.05. The third kappa shape index (κ3) is 4.12. The predicted octanol–water partition coefficient (Wildman–Crippen LogP) is 5.30. The van der Waals surface area contributed by atoms with Crippen LogP contribution in [0.2, 0.25) is 0 Å². The number of fused-ring (bicyclic) bond motifs is 1. The van der Waals surface area contributed by atoms with Crippen LogP contribution >= 0.6 is 15.9 Å². The van der Waals surface area contributed by atoms with Gasteiger partial charge in [-0.2, -0.15) is 0 Å². The summed E-state index contributed by atoms with van der Waals surface area (Å²) in [6, 6.07) is 14.3. The molecule has 6 heteroatoms. The first-order valence-corrected chi connectivity index (χ1v) is 10.2. The van der Waals surface area contributed by atoms with E-state index in [2.05, 4.69) is 28.2 Å². The van der Waals surface area contributed by atoms with Crippen molar-refractivity contribution in [2.75, 3.05) is 5.32 Å². The van der Waals surface area contributed by atoms with Gasteiger partial charge in [0, 0.05) is 16.4 Å². The molecule has 28 heavy (non-hydrogen) atoms. The molecule has 1 heterocycles. The highest BCUT2D eigenvalue weighted by atomic mass is 79.9. The zero-order valence-electron chi connectivity index (χ0n) is 15.7. The first kappa shape index (κ1) is 20.1. The number of aromatic nitrogens is 1. The number of nitrogens with one attached hydrogen (secondary N) is 1. The number of anilines is 1. The van der Waals surface area contributed by atoms with Gasteiger partial charge in [-0.1, -0.05) is 50.5 Å². The van der Waals surface area contributed by atoms with E-state index in [4.69, 9.17) is 0 Å². The highest BCUT2D eigenvalue weighted by Gasteiger charge is 2.22. The lowest BCUT2D eigenvalue weighted by molar-refractivity contribution is 0.102. The van der Waals surface area contributed by atoms with Gasteiger partial charge >= 0.3 is 0 Å². The number of aryl methyl sites for hydroxylation is 1. The van der Waals surface area contributed by atoms with Crippen LogP contribution in [-0.4, -0.2) is 15.6 Å². The van der Waals surface area contributed by atoms with Crippen LogP contribution in [0, 0.1) is 0 Å². The minimum absolute atomic E-state index is 0.232. The number of amides is 1. The van der Waals surface area contributed by atoms with Gasteiger partial charge in [-0.05, 0) is 46.6 Å². The number of benzene rings is 2. The van der Waals surface area contributed by atoms with E-state index in [9.17, 15) is 14.7 Å². The van der Waals surface area contributed by atoms with Crippen LogP contribution in [-0.2, 0) is 6.54 Å². The Kier molecular flexibility index (Phi) is 6.52. The first-order valence-electron chi connectivity index (χ1n) is 9.45. The van der Waals surface area contributed by atoms with Crippen molar-refractivity contribution in [1.82, 2.24) is 4.57 Å². The Morgan fingerprint density at radius 2 is 1.79 bits per heavy atom. The summed E-state index contributed by atoms with van der Waals surface area (Å²) in [6.45, 7) is 2.64. The Morgan fingerprint density at radius 1 is 1.07 bits per heavy atom. The molecule has 0 bridgehead atoms. The number of carbonyl (C=O) groups is 1. The minimum atomic E-state index is -0.623. The number of rotatable bonds is 7. The number of hydrogen-bond donors (Lipinski definition) is 2. The van der Waals surface area contributed by atoms with Crippen LogP contribution < -0.4 is 10.9 Å². The summed E-state index contributed by atoms with van der Waals surface area (Å²) in [5, 5.41) is 13.9. The number of pyridine rings is 1. The number of halogens is 1. The fraction of sp³-hybridized carbons (Fsp3) is 0.273. The van der Waals surface area contributed by atoms with Gasteiger partial charge in [0.1, 0.15) is 11.3 Å². The standard InChI is InChI=1S/C22H23BrN2O3/c1-2-3-4-9-14-25-18-13-8-5-10-15(18)20(26)19(22(25)28)21(27)24-17-12-7-6-11-16(17)23/h5-8,10-13,26H,2-4,9,14H2,1H3,(H,24,27). The average Bonchev–Trinajstić information content (AvgIpc) is 2.69. The zero-order valence-corrected chi connectivity index (χ0v) is 17.3. The second-order valence-electron chi connectivity index (χ2n) is 6.69. The smallest absolute Gasteiger partial charge is 0.267 e. The normalized spacial score (nSPS) is 10.9. The Bertz CT molecular complexity index is 1060. The van der Waals surface area contributed by atoms with Crippen molar-refractivity contribution in [2.24, 2.45) is 0 Å². The van der Waals surface area contributed by atoms with Crippen molar-refractivity contribution < 1.29 is 9.90 Å². The van der Waals surface area contributed by atoms with Gasteiger partial charge in [-0.3, -0.25) is 9.59 Å². The monoisotopic (exact) mass is 442 g/mol. The second kappa shape index (κ2) is 9.06. The van der Waals surface area contributed by atoms with E-state index < -0.39 is 11.5 Å². The Balaban J connectivity index is 2.05. The van der Waals surface area contributed by atoms with Crippen LogP contribution in [0.1, 0.15) is 43.0 Å². The Hall–Kier alpha value is -2.60. The van der Waals surface area contributed by atoms with Crippen molar-refractivity contribution in [3.63, 3.8) is 0 Å². The number of nitrogens with zero attached hydrogens (tertiary/aromatic N) is 1. The van der Waals surface area contributed by atoms with Gasteiger partial charge in [-0.25, -0.2) is 0 Å². The molecule has 0 radical (unpaired) electrons. The number of para-hydroxylation sites is 2. The molecule has 1 aromatic heterocycles. The number of hydrogen-bond acceptors (Lipinski definition) is 3. The van der Waals surface area contributed by atoms with Gasteiger partial charge in [0.25, 0.3) is 11.5 Å². The highest BCUT2D eigenvalue weighted by Crippen LogP contribution is 2.28. The van der Waals surface area contributed by atoms with Crippen LogP contribution in [0.25, 0.3) is 10.9 Å². The van der Waals surface area contributed by atoms with Crippen LogP contribution in [0.3, 0.4) is 0 Å².